The molecule has 1 aliphatic heterocycles. The highest BCUT2D eigenvalue weighted by Gasteiger charge is 2.24. The second-order valence-corrected chi connectivity index (χ2v) is 3.85. The van der Waals surface area contributed by atoms with Gasteiger partial charge in [-0.05, 0) is 19.4 Å². The molecule has 1 atom stereocenters. The summed E-state index contributed by atoms with van der Waals surface area (Å²) in [5, 5.41) is 12.0. The van der Waals surface area contributed by atoms with Crippen LogP contribution in [0.4, 0.5) is 0 Å². The van der Waals surface area contributed by atoms with Crippen LogP contribution in [-0.2, 0) is 4.79 Å². The van der Waals surface area contributed by atoms with Crippen molar-refractivity contribution in [3.05, 3.63) is 0 Å². The van der Waals surface area contributed by atoms with E-state index in [2.05, 4.69) is 12.2 Å². The Morgan fingerprint density at radius 2 is 2.43 bits per heavy atom. The van der Waals surface area contributed by atoms with Gasteiger partial charge in [0.05, 0.1) is 6.54 Å². The first-order valence-electron chi connectivity index (χ1n) is 5.37. The molecule has 0 radical (unpaired) electrons. The van der Waals surface area contributed by atoms with Crippen molar-refractivity contribution in [2.24, 2.45) is 5.92 Å². The summed E-state index contributed by atoms with van der Waals surface area (Å²) >= 11 is 0. The monoisotopic (exact) mass is 200 g/mol. The number of aliphatic hydroxyl groups excluding tert-OH is 1. The molecule has 0 saturated carbocycles. The van der Waals surface area contributed by atoms with Gasteiger partial charge in [-0.2, -0.15) is 0 Å². The minimum atomic E-state index is 0.161. The maximum Gasteiger partial charge on any atom is 0.236 e. The van der Waals surface area contributed by atoms with Crippen LogP contribution >= 0.6 is 0 Å². The molecule has 2 N–H and O–H groups in total. The Morgan fingerprint density at radius 3 is 3.00 bits per heavy atom. The first kappa shape index (κ1) is 11.5. The predicted octanol–water partition coefficient (Wildman–Crippen LogP) is -0.173. The first-order chi connectivity index (χ1) is 6.77. The van der Waals surface area contributed by atoms with Gasteiger partial charge in [0.1, 0.15) is 0 Å². The van der Waals surface area contributed by atoms with Crippen LogP contribution in [0.15, 0.2) is 0 Å². The Morgan fingerprint density at radius 1 is 1.64 bits per heavy atom. The lowest BCUT2D eigenvalue weighted by molar-refractivity contribution is -0.129. The number of nitrogens with one attached hydrogen (secondary N) is 1. The topological polar surface area (TPSA) is 52.6 Å². The van der Waals surface area contributed by atoms with E-state index in [0.29, 0.717) is 12.5 Å². The summed E-state index contributed by atoms with van der Waals surface area (Å²) in [7, 11) is 0. The van der Waals surface area contributed by atoms with Gasteiger partial charge in [-0.3, -0.25) is 4.79 Å². The van der Waals surface area contributed by atoms with E-state index in [-0.39, 0.29) is 12.5 Å². The molecule has 1 rings (SSSR count). The normalized spacial score (nSPS) is 21.6. The van der Waals surface area contributed by atoms with Crippen LogP contribution in [0.25, 0.3) is 0 Å². The maximum atomic E-state index is 11.6. The van der Waals surface area contributed by atoms with Gasteiger partial charge in [-0.25, -0.2) is 0 Å². The van der Waals surface area contributed by atoms with E-state index in [1.165, 1.54) is 0 Å². The third-order valence-corrected chi connectivity index (χ3v) is 2.60. The summed E-state index contributed by atoms with van der Waals surface area (Å²) in [6.45, 7) is 5.14. The van der Waals surface area contributed by atoms with E-state index in [9.17, 15) is 4.79 Å². The summed E-state index contributed by atoms with van der Waals surface area (Å²) < 4.78 is 0. The summed E-state index contributed by atoms with van der Waals surface area (Å²) in [5.41, 5.74) is 0. The number of rotatable bonds is 5. The minimum Gasteiger partial charge on any atom is -0.396 e. The van der Waals surface area contributed by atoms with Crippen LogP contribution in [0.2, 0.25) is 0 Å². The molecular weight excluding hydrogens is 180 g/mol. The Hall–Kier alpha value is -0.610. The van der Waals surface area contributed by atoms with Crippen LogP contribution in [0, 0.1) is 5.92 Å². The molecule has 1 heterocycles. The number of aliphatic hydroxyl groups is 1. The molecule has 1 saturated heterocycles. The number of hydrogen-bond acceptors (Lipinski definition) is 3. The fraction of sp³-hybridized carbons (Fsp3) is 0.900. The Kier molecular flexibility index (Phi) is 4.90. The lowest BCUT2D eigenvalue weighted by Gasteiger charge is -2.16. The summed E-state index contributed by atoms with van der Waals surface area (Å²) in [6.07, 6.45) is 1.99. The van der Waals surface area contributed by atoms with Crippen molar-refractivity contribution in [2.75, 3.05) is 32.8 Å². The highest BCUT2D eigenvalue weighted by Crippen LogP contribution is 2.14. The van der Waals surface area contributed by atoms with Gasteiger partial charge in [0.25, 0.3) is 0 Å². The molecule has 1 unspecified atom stereocenters. The molecule has 0 aromatic carbocycles. The van der Waals surface area contributed by atoms with Crippen molar-refractivity contribution in [2.45, 2.75) is 19.8 Å². The fourth-order valence-corrected chi connectivity index (χ4v) is 1.69. The molecule has 1 aliphatic rings. The van der Waals surface area contributed by atoms with Crippen LogP contribution < -0.4 is 5.32 Å². The standard InChI is InChI=1S/C10H20N2O2/c1-2-4-11-6-10(14)12-5-3-9(7-12)8-13/h9,11,13H,2-8H2,1H3. The molecule has 1 fully saturated rings. The van der Waals surface area contributed by atoms with E-state index < -0.39 is 0 Å². The molecule has 0 aromatic heterocycles. The number of likely N-dealkylation sites (tertiary alicyclic amines) is 1. The van der Waals surface area contributed by atoms with Gasteiger partial charge in [0, 0.05) is 25.6 Å². The zero-order chi connectivity index (χ0) is 10.4. The lowest BCUT2D eigenvalue weighted by Crippen LogP contribution is -2.37. The average Bonchev–Trinajstić information content (AvgIpc) is 2.66. The Bertz CT molecular complexity index is 185. The number of carbonyl (C=O) groups excluding carboxylic acids is 1. The Balaban J connectivity index is 2.18. The number of amides is 1. The third-order valence-electron chi connectivity index (χ3n) is 2.60. The van der Waals surface area contributed by atoms with Gasteiger partial charge in [-0.15, -0.1) is 0 Å². The second kappa shape index (κ2) is 5.98. The summed E-state index contributed by atoms with van der Waals surface area (Å²) in [4.78, 5) is 13.4. The SMILES string of the molecule is CCCNCC(=O)N1CCC(CO)C1. The van der Waals surface area contributed by atoms with Crippen molar-refractivity contribution >= 4 is 5.91 Å². The Labute approximate surface area is 85.3 Å². The number of nitrogens with zero attached hydrogens (tertiary/aromatic N) is 1. The van der Waals surface area contributed by atoms with E-state index >= 15 is 0 Å². The lowest BCUT2D eigenvalue weighted by atomic mass is 10.1. The molecule has 0 aliphatic carbocycles. The van der Waals surface area contributed by atoms with Crippen molar-refractivity contribution in [1.29, 1.82) is 0 Å². The first-order valence-corrected chi connectivity index (χ1v) is 5.37. The number of carbonyl (C=O) groups is 1. The molecule has 1 amide bonds. The highest BCUT2D eigenvalue weighted by atomic mass is 16.3. The zero-order valence-corrected chi connectivity index (χ0v) is 8.83. The molecule has 14 heavy (non-hydrogen) atoms. The van der Waals surface area contributed by atoms with E-state index in [0.717, 1.165) is 32.5 Å². The maximum absolute atomic E-state index is 11.6. The van der Waals surface area contributed by atoms with E-state index in [1.54, 1.807) is 0 Å². The molecule has 4 heteroatoms. The van der Waals surface area contributed by atoms with Gasteiger partial charge in [-0.1, -0.05) is 6.92 Å². The summed E-state index contributed by atoms with van der Waals surface area (Å²) in [6, 6.07) is 0. The zero-order valence-electron chi connectivity index (χ0n) is 8.83. The average molecular weight is 200 g/mol. The summed E-state index contributed by atoms with van der Waals surface area (Å²) in [5.74, 6) is 0.458. The van der Waals surface area contributed by atoms with Crippen LogP contribution in [0.1, 0.15) is 19.8 Å². The molecule has 0 spiro atoms. The molecule has 82 valence electrons. The van der Waals surface area contributed by atoms with E-state index in [4.69, 9.17) is 5.11 Å². The molecule has 4 nitrogen and oxygen atoms in total. The molecule has 0 aromatic rings. The number of hydrogen-bond donors (Lipinski definition) is 2. The van der Waals surface area contributed by atoms with E-state index in [1.807, 2.05) is 4.90 Å². The van der Waals surface area contributed by atoms with Gasteiger partial charge >= 0.3 is 0 Å². The minimum absolute atomic E-state index is 0.161. The molecule has 0 bridgehead atoms. The quantitative estimate of drug-likeness (QED) is 0.606. The van der Waals surface area contributed by atoms with Gasteiger partial charge in [0.2, 0.25) is 5.91 Å². The van der Waals surface area contributed by atoms with Gasteiger partial charge < -0.3 is 15.3 Å². The predicted molar refractivity (Wildman–Crippen MR) is 54.9 cm³/mol. The third kappa shape index (κ3) is 3.27. The molecular formula is C10H20N2O2. The van der Waals surface area contributed by atoms with Crippen molar-refractivity contribution < 1.29 is 9.90 Å². The highest BCUT2D eigenvalue weighted by molar-refractivity contribution is 5.78. The smallest absolute Gasteiger partial charge is 0.236 e. The second-order valence-electron chi connectivity index (χ2n) is 3.85. The van der Waals surface area contributed by atoms with Gasteiger partial charge in [0.15, 0.2) is 0 Å². The van der Waals surface area contributed by atoms with Crippen molar-refractivity contribution in [1.82, 2.24) is 10.2 Å². The van der Waals surface area contributed by atoms with Crippen molar-refractivity contribution in [3.63, 3.8) is 0 Å². The fourth-order valence-electron chi connectivity index (χ4n) is 1.69. The van der Waals surface area contributed by atoms with Crippen LogP contribution in [0.3, 0.4) is 0 Å². The van der Waals surface area contributed by atoms with Crippen molar-refractivity contribution in [3.8, 4) is 0 Å². The largest absolute Gasteiger partial charge is 0.396 e. The van der Waals surface area contributed by atoms with Crippen LogP contribution in [-0.4, -0.2) is 48.7 Å². The van der Waals surface area contributed by atoms with Crippen LogP contribution in [0.5, 0.6) is 0 Å².